The lowest BCUT2D eigenvalue weighted by molar-refractivity contribution is 0.535. The third-order valence-electron chi connectivity index (χ3n) is 26.4. The fourth-order valence-electron chi connectivity index (χ4n) is 19.6. The van der Waals surface area contributed by atoms with Crippen LogP contribution in [0.2, 0.25) is 0 Å². The fraction of sp³-hybridized carbons (Fsp3) is 0.611. The van der Waals surface area contributed by atoms with Gasteiger partial charge in [0, 0.05) is 29.8 Å². The maximum atomic E-state index is 4.14. The fourth-order valence-corrected chi connectivity index (χ4v) is 23.5. The summed E-state index contributed by atoms with van der Waals surface area (Å²) in [6.07, 6.45) is 82.6. The van der Waals surface area contributed by atoms with E-state index in [1.54, 1.807) is 0 Å². The SMILES string of the molecule is CCCCCCCCCCCCCCCCc1ccc(C2(c3ccc(CCCCCCCCCCCCCCCC)cc3)c3ccc(Br)cc3-c3sc4c5c(sc4c32)-c2ccc(Br)cc2C5(c2ccc(CCCCCCCCCCCCCCCC)cc2)c2ccc(CCCCCCCCCCCCCCCC)cc2)cc1. The van der Waals surface area contributed by atoms with E-state index >= 15 is 0 Å². The highest BCUT2D eigenvalue weighted by Gasteiger charge is 2.54. The zero-order valence-corrected chi connectivity index (χ0v) is 76.5. The normalized spacial score (nSPS) is 13.2. The van der Waals surface area contributed by atoms with Gasteiger partial charge in [0.15, 0.2) is 0 Å². The van der Waals surface area contributed by atoms with Crippen molar-refractivity contribution in [1.82, 2.24) is 0 Å². The molecule has 0 saturated heterocycles. The molecule has 0 N–H and O–H groups in total. The Morgan fingerprint density at radius 3 is 0.688 bits per heavy atom. The molecule has 0 radical (unpaired) electrons. The number of unbranched alkanes of at least 4 members (excludes halogenated alkanes) is 52. The molecule has 0 bridgehead atoms. The van der Waals surface area contributed by atoms with Crippen LogP contribution in [-0.4, -0.2) is 0 Å². The monoisotopic (exact) mass is 1670 g/mol. The van der Waals surface area contributed by atoms with Crippen LogP contribution in [-0.2, 0) is 36.5 Å². The van der Waals surface area contributed by atoms with Crippen molar-refractivity contribution in [1.29, 1.82) is 0 Å². The number of hydrogen-bond acceptors (Lipinski definition) is 2. The summed E-state index contributed by atoms with van der Waals surface area (Å²) < 4.78 is 5.24. The van der Waals surface area contributed by atoms with E-state index in [9.17, 15) is 0 Å². The van der Waals surface area contributed by atoms with Gasteiger partial charge in [-0.15, -0.1) is 22.7 Å². The molecule has 4 heteroatoms. The smallest absolute Gasteiger partial charge is 0.0736 e. The molecule has 10 rings (SSSR count). The molecular weight excluding hydrogens is 1520 g/mol. The Bertz CT molecular complexity index is 3670. The Hall–Kier alpha value is -4.06. The minimum Gasteiger partial charge on any atom is -0.134 e. The first-order chi connectivity index (χ1) is 55.4. The molecule has 0 fully saturated rings. The summed E-state index contributed by atoms with van der Waals surface area (Å²) in [7, 11) is 0. The van der Waals surface area contributed by atoms with Crippen molar-refractivity contribution in [2.75, 3.05) is 0 Å². The number of rotatable bonds is 64. The minimum absolute atomic E-state index is 0.516. The molecule has 2 heterocycles. The van der Waals surface area contributed by atoms with Crippen molar-refractivity contribution in [2.24, 2.45) is 0 Å². The van der Waals surface area contributed by atoms with E-state index in [2.05, 4.69) is 216 Å². The molecule has 8 aromatic rings. The molecule has 612 valence electrons. The molecule has 0 amide bonds. The van der Waals surface area contributed by atoms with Crippen LogP contribution < -0.4 is 0 Å². The second kappa shape index (κ2) is 52.0. The summed E-state index contributed by atoms with van der Waals surface area (Å²) in [4.78, 5) is 2.89. The Morgan fingerprint density at radius 2 is 0.429 bits per heavy atom. The van der Waals surface area contributed by atoms with Crippen LogP contribution in [0.3, 0.4) is 0 Å². The highest BCUT2D eigenvalue weighted by molar-refractivity contribution is 9.10. The van der Waals surface area contributed by atoms with Crippen LogP contribution in [0.15, 0.2) is 142 Å². The lowest BCUT2D eigenvalue weighted by Gasteiger charge is -2.34. The van der Waals surface area contributed by atoms with E-state index in [-0.39, 0.29) is 0 Å². The molecule has 0 aliphatic heterocycles. The first kappa shape index (κ1) is 90.3. The van der Waals surface area contributed by atoms with Crippen LogP contribution in [0.1, 0.15) is 454 Å². The van der Waals surface area contributed by atoms with E-state index in [0.717, 1.165) is 34.6 Å². The molecule has 2 aromatic heterocycles. The van der Waals surface area contributed by atoms with Crippen LogP contribution in [0, 0.1) is 0 Å². The van der Waals surface area contributed by atoms with Gasteiger partial charge in [-0.05, 0) is 142 Å². The predicted molar refractivity (Wildman–Crippen MR) is 506 cm³/mol. The van der Waals surface area contributed by atoms with Crippen LogP contribution in [0.4, 0.5) is 0 Å². The first-order valence-electron chi connectivity index (χ1n) is 47.9. The Kier molecular flexibility index (Phi) is 41.9. The van der Waals surface area contributed by atoms with Gasteiger partial charge in [0.1, 0.15) is 0 Å². The molecule has 2 aliphatic rings. The van der Waals surface area contributed by atoms with Crippen LogP contribution in [0.25, 0.3) is 30.3 Å². The van der Waals surface area contributed by atoms with Crippen molar-refractivity contribution in [3.63, 3.8) is 0 Å². The molecule has 6 aromatic carbocycles. The summed E-state index contributed by atoms with van der Waals surface area (Å²) >= 11 is 12.5. The van der Waals surface area contributed by atoms with Crippen LogP contribution >= 0.6 is 54.5 Å². The van der Waals surface area contributed by atoms with E-state index < -0.39 is 10.8 Å². The van der Waals surface area contributed by atoms with E-state index in [1.165, 1.54) is 457 Å². The number of fused-ring (bicyclic) bond motifs is 9. The van der Waals surface area contributed by atoms with Crippen molar-refractivity contribution >= 4 is 63.9 Å². The van der Waals surface area contributed by atoms with Gasteiger partial charge in [0.25, 0.3) is 0 Å². The topological polar surface area (TPSA) is 0 Å². The van der Waals surface area contributed by atoms with Gasteiger partial charge in [-0.25, -0.2) is 0 Å². The first-order valence-corrected chi connectivity index (χ1v) is 51.2. The van der Waals surface area contributed by atoms with Gasteiger partial charge in [-0.1, -0.05) is 503 Å². The number of hydrogen-bond donors (Lipinski definition) is 0. The summed E-state index contributed by atoms with van der Waals surface area (Å²) in [5.41, 5.74) is 19.0. The van der Waals surface area contributed by atoms with Crippen molar-refractivity contribution in [3.8, 4) is 20.9 Å². The Morgan fingerprint density at radius 1 is 0.214 bits per heavy atom. The summed E-state index contributed by atoms with van der Waals surface area (Å²) in [5.74, 6) is 0. The van der Waals surface area contributed by atoms with Crippen molar-refractivity contribution < 1.29 is 0 Å². The van der Waals surface area contributed by atoms with Gasteiger partial charge >= 0.3 is 0 Å². The highest BCUT2D eigenvalue weighted by Crippen LogP contribution is 2.68. The maximum absolute atomic E-state index is 4.14. The van der Waals surface area contributed by atoms with Crippen LogP contribution in [0.5, 0.6) is 0 Å². The molecular formula is C108H154Br2S2. The molecule has 0 nitrogen and oxygen atoms in total. The number of benzene rings is 6. The van der Waals surface area contributed by atoms with Gasteiger partial charge in [0.05, 0.1) is 20.2 Å². The summed E-state index contributed by atoms with van der Waals surface area (Å²) in [6.45, 7) is 9.29. The van der Waals surface area contributed by atoms with Crippen molar-refractivity contribution in [3.05, 3.63) is 209 Å². The number of thiophene rings is 2. The van der Waals surface area contributed by atoms with Gasteiger partial charge in [0.2, 0.25) is 0 Å². The largest absolute Gasteiger partial charge is 0.134 e. The zero-order chi connectivity index (χ0) is 77.9. The summed E-state index contributed by atoms with van der Waals surface area (Å²) in [5, 5.41) is 0. The number of halogens is 2. The Balaban J connectivity index is 0.930. The quantitative estimate of drug-likeness (QED) is 0.0333. The minimum atomic E-state index is -0.529. The van der Waals surface area contributed by atoms with E-state index in [1.807, 2.05) is 0 Å². The predicted octanol–water partition coefficient (Wildman–Crippen LogP) is 37.3. The molecule has 0 spiro atoms. The lowest BCUT2D eigenvalue weighted by atomic mass is 9.66. The average molecular weight is 1680 g/mol. The standard InChI is InChI=1S/C108H154Br2S2/c1-5-9-13-17-21-25-29-33-37-41-45-49-53-57-61-87-65-73-91(74-66-87)107(92-75-67-88(68-76-92)62-58-54-50-46-42-38-34-30-26-22-18-14-10-6-2)99-84-82-95(109)85-98(99)104-102(107)106-105(112-104)101-103(111-106)97-83-81-96(110)86-100(97)108(101,93-77-69-89(70-78-93)63-59-55-51-47-43-39-35-31-27-23-19-15-11-7-3)94-79-71-90(72-80-94)64-60-56-52-48-44-40-36-32-28-24-20-16-12-8-4/h65-86H,5-64H2,1-4H3. The summed E-state index contributed by atoms with van der Waals surface area (Å²) in [6, 6.07) is 55.5. The second-order valence-corrected chi connectivity index (χ2v) is 39.2. The number of aryl methyl sites for hydroxylation is 4. The average Bonchev–Trinajstić information content (AvgIpc) is 1.49. The zero-order valence-electron chi connectivity index (χ0n) is 71.7. The second-order valence-electron chi connectivity index (χ2n) is 35.3. The maximum Gasteiger partial charge on any atom is 0.0736 e. The van der Waals surface area contributed by atoms with E-state index in [4.69, 9.17) is 0 Å². The van der Waals surface area contributed by atoms with Gasteiger partial charge in [-0.2, -0.15) is 0 Å². The molecule has 0 saturated carbocycles. The molecule has 0 atom stereocenters. The van der Waals surface area contributed by atoms with Crippen molar-refractivity contribution in [2.45, 2.75) is 424 Å². The Labute approximate surface area is 712 Å². The third kappa shape index (κ3) is 26.5. The molecule has 112 heavy (non-hydrogen) atoms. The van der Waals surface area contributed by atoms with Gasteiger partial charge in [-0.3, -0.25) is 0 Å². The molecule has 2 aliphatic carbocycles. The van der Waals surface area contributed by atoms with E-state index in [0.29, 0.717) is 0 Å². The lowest BCUT2D eigenvalue weighted by Crippen LogP contribution is -2.29. The third-order valence-corrected chi connectivity index (χ3v) is 30.0. The highest BCUT2D eigenvalue weighted by atomic mass is 79.9. The molecule has 0 unspecified atom stereocenters. The van der Waals surface area contributed by atoms with Gasteiger partial charge < -0.3 is 0 Å².